The topological polar surface area (TPSA) is 9.23 Å². The van der Waals surface area contributed by atoms with E-state index >= 15 is 0 Å². The van der Waals surface area contributed by atoms with E-state index < -0.39 is 0 Å². The number of hydrogen-bond donors (Lipinski definition) is 0. The molecule has 0 aromatic heterocycles. The molecule has 52 valence electrons. The van der Waals surface area contributed by atoms with Gasteiger partial charge in [0.1, 0.15) is 0 Å². The summed E-state index contributed by atoms with van der Waals surface area (Å²) in [5, 5.41) is 0. The first-order valence-corrected chi connectivity index (χ1v) is 3.35. The van der Waals surface area contributed by atoms with Crippen molar-refractivity contribution in [2.24, 2.45) is 11.3 Å². The lowest BCUT2D eigenvalue weighted by molar-refractivity contribution is 0.114. The van der Waals surface area contributed by atoms with Gasteiger partial charge in [0, 0.05) is 13.0 Å². The molecule has 0 radical (unpaired) electrons. The zero-order valence-corrected chi connectivity index (χ0v) is 6.35. The molecule has 0 aliphatic heterocycles. The fourth-order valence-electron chi connectivity index (χ4n) is 1.07. The molecule has 1 unspecified atom stereocenters. The molecule has 0 amide bonds. The van der Waals surface area contributed by atoms with Crippen molar-refractivity contribution in [3.05, 3.63) is 12.2 Å². The largest absolute Gasteiger partial charge is 0.384 e. The molecule has 0 spiro atoms. The summed E-state index contributed by atoms with van der Waals surface area (Å²) in [5.74, 6) is 0.641. The molecule has 0 saturated heterocycles. The van der Waals surface area contributed by atoms with Crippen molar-refractivity contribution >= 4 is 0 Å². The Bertz CT molecular complexity index is 125. The van der Waals surface area contributed by atoms with Gasteiger partial charge in [-0.1, -0.05) is 26.0 Å². The van der Waals surface area contributed by atoms with Crippen LogP contribution in [0.25, 0.3) is 0 Å². The van der Waals surface area contributed by atoms with Crippen LogP contribution in [0.1, 0.15) is 13.8 Å². The number of rotatable bonds is 2. The minimum atomic E-state index is 0.385. The van der Waals surface area contributed by atoms with Gasteiger partial charge in [-0.15, -0.1) is 0 Å². The van der Waals surface area contributed by atoms with Gasteiger partial charge in [0.25, 0.3) is 0 Å². The summed E-state index contributed by atoms with van der Waals surface area (Å²) in [7, 11) is 1.75. The summed E-state index contributed by atoms with van der Waals surface area (Å²) in [6.45, 7) is 5.33. The molecule has 0 N–H and O–H groups in total. The summed E-state index contributed by atoms with van der Waals surface area (Å²) in [6.07, 6.45) is 4.44. The highest BCUT2D eigenvalue weighted by atomic mass is 16.5. The molecule has 0 bridgehead atoms. The molecular formula is C8H14O. The Labute approximate surface area is 56.7 Å². The zero-order chi connectivity index (χ0) is 6.91. The Morgan fingerprint density at radius 1 is 1.56 bits per heavy atom. The van der Waals surface area contributed by atoms with Gasteiger partial charge in [0.15, 0.2) is 0 Å². The second-order valence-corrected chi connectivity index (χ2v) is 3.24. The van der Waals surface area contributed by atoms with Crippen molar-refractivity contribution in [1.82, 2.24) is 0 Å². The summed E-state index contributed by atoms with van der Waals surface area (Å²) >= 11 is 0. The van der Waals surface area contributed by atoms with E-state index in [0.717, 1.165) is 6.61 Å². The van der Waals surface area contributed by atoms with Crippen LogP contribution in [0.15, 0.2) is 12.2 Å². The van der Waals surface area contributed by atoms with E-state index in [-0.39, 0.29) is 0 Å². The van der Waals surface area contributed by atoms with Crippen LogP contribution in [0.5, 0.6) is 0 Å². The summed E-state index contributed by atoms with van der Waals surface area (Å²) in [4.78, 5) is 0. The molecule has 1 rings (SSSR count). The van der Waals surface area contributed by atoms with Crippen molar-refractivity contribution in [2.75, 3.05) is 13.7 Å². The monoisotopic (exact) mass is 126 g/mol. The van der Waals surface area contributed by atoms with Crippen LogP contribution in [0.2, 0.25) is 0 Å². The molecule has 0 aromatic rings. The first-order valence-electron chi connectivity index (χ1n) is 3.35. The van der Waals surface area contributed by atoms with Crippen LogP contribution in [-0.4, -0.2) is 13.7 Å². The fraction of sp³-hybridized carbons (Fsp3) is 0.750. The lowest BCUT2D eigenvalue weighted by atomic mass is 9.70. The maximum Gasteiger partial charge on any atom is 0.0533 e. The Kier molecular flexibility index (Phi) is 1.62. The highest BCUT2D eigenvalue weighted by Crippen LogP contribution is 2.37. The standard InChI is InChI=1S/C8H14O/c1-8(2)5-4-7(8)6-9-3/h4-5,7H,6H2,1-3H3. The fourth-order valence-corrected chi connectivity index (χ4v) is 1.07. The number of methoxy groups -OCH3 is 1. The minimum absolute atomic E-state index is 0.385. The molecule has 1 atom stereocenters. The summed E-state index contributed by atoms with van der Waals surface area (Å²) in [6, 6.07) is 0. The Balaban J connectivity index is 2.39. The van der Waals surface area contributed by atoms with Crippen molar-refractivity contribution < 1.29 is 4.74 Å². The van der Waals surface area contributed by atoms with Gasteiger partial charge in [0.2, 0.25) is 0 Å². The number of hydrogen-bond acceptors (Lipinski definition) is 1. The lowest BCUT2D eigenvalue weighted by Crippen LogP contribution is -2.31. The van der Waals surface area contributed by atoms with Crippen LogP contribution >= 0.6 is 0 Å². The van der Waals surface area contributed by atoms with Crippen LogP contribution in [0.3, 0.4) is 0 Å². The molecule has 0 fully saturated rings. The molecule has 1 aliphatic rings. The van der Waals surface area contributed by atoms with E-state index in [1.54, 1.807) is 7.11 Å². The van der Waals surface area contributed by atoms with Gasteiger partial charge < -0.3 is 4.74 Å². The highest BCUT2D eigenvalue weighted by molar-refractivity contribution is 5.14. The third kappa shape index (κ3) is 1.16. The molecule has 1 aliphatic carbocycles. The molecule has 0 heterocycles. The van der Waals surface area contributed by atoms with Crippen LogP contribution in [-0.2, 0) is 4.74 Å². The highest BCUT2D eigenvalue weighted by Gasteiger charge is 2.31. The van der Waals surface area contributed by atoms with Crippen molar-refractivity contribution in [2.45, 2.75) is 13.8 Å². The lowest BCUT2D eigenvalue weighted by Gasteiger charge is -2.36. The molecule has 9 heavy (non-hydrogen) atoms. The normalized spacial score (nSPS) is 29.9. The third-order valence-corrected chi connectivity index (χ3v) is 2.06. The van der Waals surface area contributed by atoms with E-state index in [9.17, 15) is 0 Å². The van der Waals surface area contributed by atoms with Crippen LogP contribution in [0, 0.1) is 11.3 Å². The Morgan fingerprint density at radius 2 is 2.22 bits per heavy atom. The average Bonchev–Trinajstić information content (AvgIpc) is 1.81. The number of allylic oxidation sites excluding steroid dienone is 1. The van der Waals surface area contributed by atoms with Gasteiger partial charge in [-0.05, 0) is 5.41 Å². The van der Waals surface area contributed by atoms with E-state index in [1.807, 2.05) is 0 Å². The quantitative estimate of drug-likeness (QED) is 0.513. The molecular weight excluding hydrogens is 112 g/mol. The minimum Gasteiger partial charge on any atom is -0.384 e. The smallest absolute Gasteiger partial charge is 0.0533 e. The van der Waals surface area contributed by atoms with Gasteiger partial charge >= 0.3 is 0 Å². The molecule has 0 aromatic carbocycles. The summed E-state index contributed by atoms with van der Waals surface area (Å²) in [5.41, 5.74) is 0.385. The second-order valence-electron chi connectivity index (χ2n) is 3.24. The van der Waals surface area contributed by atoms with Crippen molar-refractivity contribution in [1.29, 1.82) is 0 Å². The maximum atomic E-state index is 5.03. The average molecular weight is 126 g/mol. The van der Waals surface area contributed by atoms with Crippen LogP contribution < -0.4 is 0 Å². The Morgan fingerprint density at radius 3 is 2.33 bits per heavy atom. The second kappa shape index (κ2) is 2.14. The molecule has 0 saturated carbocycles. The maximum absolute atomic E-state index is 5.03. The van der Waals surface area contributed by atoms with Crippen LogP contribution in [0.4, 0.5) is 0 Å². The Hall–Kier alpha value is -0.300. The van der Waals surface area contributed by atoms with Crippen molar-refractivity contribution in [3.63, 3.8) is 0 Å². The zero-order valence-electron chi connectivity index (χ0n) is 6.35. The van der Waals surface area contributed by atoms with Gasteiger partial charge in [-0.3, -0.25) is 0 Å². The summed E-state index contributed by atoms with van der Waals surface area (Å²) < 4.78 is 5.03. The van der Waals surface area contributed by atoms with E-state index in [2.05, 4.69) is 26.0 Å². The predicted octanol–water partition coefficient (Wildman–Crippen LogP) is 1.85. The van der Waals surface area contributed by atoms with Gasteiger partial charge in [-0.2, -0.15) is 0 Å². The number of ether oxygens (including phenoxy) is 1. The van der Waals surface area contributed by atoms with Crippen molar-refractivity contribution in [3.8, 4) is 0 Å². The molecule has 1 nitrogen and oxygen atoms in total. The van der Waals surface area contributed by atoms with E-state index in [1.165, 1.54) is 0 Å². The predicted molar refractivity (Wildman–Crippen MR) is 38.3 cm³/mol. The third-order valence-electron chi connectivity index (χ3n) is 2.06. The van der Waals surface area contributed by atoms with Gasteiger partial charge in [-0.25, -0.2) is 0 Å². The van der Waals surface area contributed by atoms with E-state index in [0.29, 0.717) is 11.3 Å². The molecule has 1 heteroatoms. The SMILES string of the molecule is COCC1C=CC1(C)C. The first-order chi connectivity index (χ1) is 4.17. The van der Waals surface area contributed by atoms with Gasteiger partial charge in [0.05, 0.1) is 6.61 Å². The van der Waals surface area contributed by atoms with E-state index in [4.69, 9.17) is 4.74 Å². The first kappa shape index (κ1) is 6.81.